The fourth-order valence-electron chi connectivity index (χ4n) is 3.15. The van der Waals surface area contributed by atoms with Gasteiger partial charge in [0.25, 0.3) is 5.91 Å². The van der Waals surface area contributed by atoms with E-state index >= 15 is 0 Å². The van der Waals surface area contributed by atoms with Crippen molar-refractivity contribution in [3.05, 3.63) is 29.8 Å². The van der Waals surface area contributed by atoms with Crippen molar-refractivity contribution >= 4 is 17.6 Å². The molecule has 0 radical (unpaired) electrons. The normalized spacial score (nSPS) is 24.5. The van der Waals surface area contributed by atoms with Crippen LogP contribution in [0.3, 0.4) is 0 Å². The first-order valence-corrected chi connectivity index (χ1v) is 7.94. The molecule has 23 heavy (non-hydrogen) atoms. The molecule has 1 saturated heterocycles. The Morgan fingerprint density at radius 1 is 1.43 bits per heavy atom. The Balaban J connectivity index is 1.68. The highest BCUT2D eigenvalue weighted by Crippen LogP contribution is 2.36. The maximum Gasteiger partial charge on any atom is 0.312 e. The maximum atomic E-state index is 12.6. The zero-order valence-electron chi connectivity index (χ0n) is 13.1. The summed E-state index contributed by atoms with van der Waals surface area (Å²) >= 11 is 0. The van der Waals surface area contributed by atoms with Crippen LogP contribution in [0.2, 0.25) is 0 Å². The highest BCUT2D eigenvalue weighted by molar-refractivity contribution is 6.01. The lowest BCUT2D eigenvalue weighted by Crippen LogP contribution is -2.40. The summed E-state index contributed by atoms with van der Waals surface area (Å²) in [6.45, 7) is 3.00. The van der Waals surface area contributed by atoms with Gasteiger partial charge in [0.2, 0.25) is 0 Å². The molecule has 3 atom stereocenters. The first-order chi connectivity index (χ1) is 11.1. The average Bonchev–Trinajstić information content (AvgIpc) is 3.19. The van der Waals surface area contributed by atoms with Gasteiger partial charge in [-0.25, -0.2) is 0 Å². The van der Waals surface area contributed by atoms with Crippen LogP contribution in [0.25, 0.3) is 0 Å². The second-order valence-corrected chi connectivity index (χ2v) is 6.01. The van der Waals surface area contributed by atoms with E-state index in [1.54, 1.807) is 31.2 Å². The van der Waals surface area contributed by atoms with Gasteiger partial charge >= 0.3 is 5.97 Å². The highest BCUT2D eigenvalue weighted by Gasteiger charge is 2.38. The zero-order valence-corrected chi connectivity index (χ0v) is 13.1. The molecule has 0 aliphatic carbocycles. The van der Waals surface area contributed by atoms with Gasteiger partial charge < -0.3 is 19.5 Å². The van der Waals surface area contributed by atoms with E-state index < -0.39 is 18.0 Å². The largest absolute Gasteiger partial charge is 0.481 e. The van der Waals surface area contributed by atoms with Crippen molar-refractivity contribution in [2.75, 3.05) is 24.7 Å². The molecule has 124 valence electrons. The molecular weight excluding hydrogens is 298 g/mol. The number of hydrogen-bond acceptors (Lipinski definition) is 4. The van der Waals surface area contributed by atoms with Crippen molar-refractivity contribution in [3.63, 3.8) is 0 Å². The summed E-state index contributed by atoms with van der Waals surface area (Å²) in [6.07, 6.45) is 1.41. The molecule has 2 aliphatic rings. The first kappa shape index (κ1) is 16.0. The van der Waals surface area contributed by atoms with Gasteiger partial charge in [0.15, 0.2) is 0 Å². The molecule has 2 aliphatic heterocycles. The van der Waals surface area contributed by atoms with E-state index in [2.05, 4.69) is 0 Å². The van der Waals surface area contributed by atoms with Crippen LogP contribution < -0.4 is 4.90 Å². The Kier molecular flexibility index (Phi) is 4.63. The van der Waals surface area contributed by atoms with Gasteiger partial charge in [-0.15, -0.1) is 0 Å². The van der Waals surface area contributed by atoms with Gasteiger partial charge in [0.05, 0.1) is 12.7 Å². The molecule has 6 nitrogen and oxygen atoms in total. The number of carboxylic acid groups (broad SMARTS) is 1. The summed E-state index contributed by atoms with van der Waals surface area (Å²) in [5, 5.41) is 9.36. The Hall–Kier alpha value is -1.92. The predicted octanol–water partition coefficient (Wildman–Crippen LogP) is 1.79. The van der Waals surface area contributed by atoms with Crippen molar-refractivity contribution in [2.24, 2.45) is 0 Å². The van der Waals surface area contributed by atoms with Crippen molar-refractivity contribution in [3.8, 4) is 0 Å². The van der Waals surface area contributed by atoms with Crippen LogP contribution in [0.4, 0.5) is 5.69 Å². The summed E-state index contributed by atoms with van der Waals surface area (Å²) in [6, 6.07) is 7.14. The fraction of sp³-hybridized carbons (Fsp3) is 0.529. The monoisotopic (exact) mass is 319 g/mol. The van der Waals surface area contributed by atoms with Crippen LogP contribution in [-0.4, -0.2) is 48.9 Å². The van der Waals surface area contributed by atoms with Crippen LogP contribution >= 0.6 is 0 Å². The number of carbonyl (C=O) groups is 2. The number of aliphatic carboxylic acids is 1. The summed E-state index contributed by atoms with van der Waals surface area (Å²) < 4.78 is 11.1. The molecule has 1 aromatic carbocycles. The third-order valence-corrected chi connectivity index (χ3v) is 4.44. The van der Waals surface area contributed by atoms with Crippen molar-refractivity contribution in [2.45, 2.75) is 37.9 Å². The molecule has 1 fully saturated rings. The van der Waals surface area contributed by atoms with Crippen molar-refractivity contribution < 1.29 is 24.2 Å². The van der Waals surface area contributed by atoms with Gasteiger partial charge in [-0.05, 0) is 31.4 Å². The molecule has 6 heteroatoms. The number of nitrogens with zero attached hydrogens (tertiary/aromatic N) is 1. The second-order valence-electron chi connectivity index (χ2n) is 6.01. The van der Waals surface area contributed by atoms with Crippen LogP contribution in [0.1, 0.15) is 31.2 Å². The van der Waals surface area contributed by atoms with Gasteiger partial charge in [-0.1, -0.05) is 18.2 Å². The molecule has 0 aromatic heterocycles. The van der Waals surface area contributed by atoms with Crippen LogP contribution in [-0.2, 0) is 19.1 Å². The number of ether oxygens (including phenoxy) is 2. The van der Waals surface area contributed by atoms with Crippen LogP contribution in [0, 0.1) is 0 Å². The zero-order chi connectivity index (χ0) is 16.4. The van der Waals surface area contributed by atoms with E-state index in [1.165, 1.54) is 4.90 Å². The van der Waals surface area contributed by atoms with E-state index in [9.17, 15) is 14.7 Å². The summed E-state index contributed by atoms with van der Waals surface area (Å²) in [5.74, 6) is -1.81. The lowest BCUT2D eigenvalue weighted by molar-refractivity contribution is -0.138. The SMILES string of the molecule is CC(OCC1CCCO1)C(=O)N1CC(C(=O)O)c2ccccc21. The number of fused-ring (bicyclic) bond motifs is 1. The van der Waals surface area contributed by atoms with Crippen LogP contribution in [0.5, 0.6) is 0 Å². The molecule has 0 spiro atoms. The van der Waals surface area contributed by atoms with E-state index in [0.717, 1.165) is 19.4 Å². The van der Waals surface area contributed by atoms with E-state index in [-0.39, 0.29) is 18.6 Å². The van der Waals surface area contributed by atoms with Crippen molar-refractivity contribution in [1.82, 2.24) is 0 Å². The molecule has 2 heterocycles. The molecule has 1 amide bonds. The number of para-hydroxylation sites is 1. The third-order valence-electron chi connectivity index (χ3n) is 4.44. The average molecular weight is 319 g/mol. The van der Waals surface area contributed by atoms with E-state index in [4.69, 9.17) is 9.47 Å². The Labute approximate surface area is 135 Å². The number of carboxylic acids is 1. The number of amides is 1. The fourth-order valence-corrected chi connectivity index (χ4v) is 3.15. The van der Waals surface area contributed by atoms with Crippen molar-refractivity contribution in [1.29, 1.82) is 0 Å². The summed E-state index contributed by atoms with van der Waals surface area (Å²) in [4.78, 5) is 25.6. The number of anilines is 1. The molecule has 0 saturated carbocycles. The molecular formula is C17H21NO5. The Morgan fingerprint density at radius 3 is 2.91 bits per heavy atom. The number of carbonyl (C=O) groups excluding carboxylic acids is 1. The highest BCUT2D eigenvalue weighted by atomic mass is 16.5. The van der Waals surface area contributed by atoms with Gasteiger partial charge in [0.1, 0.15) is 12.0 Å². The number of rotatable bonds is 5. The minimum Gasteiger partial charge on any atom is -0.481 e. The minimum absolute atomic E-state index is 0.0582. The smallest absolute Gasteiger partial charge is 0.312 e. The summed E-state index contributed by atoms with van der Waals surface area (Å²) in [7, 11) is 0. The maximum absolute atomic E-state index is 12.6. The van der Waals surface area contributed by atoms with Gasteiger partial charge in [-0.3, -0.25) is 9.59 Å². The van der Waals surface area contributed by atoms with Gasteiger partial charge in [0, 0.05) is 18.8 Å². The number of benzene rings is 1. The van der Waals surface area contributed by atoms with Gasteiger partial charge in [-0.2, -0.15) is 0 Å². The Bertz CT molecular complexity index is 596. The molecule has 0 bridgehead atoms. The van der Waals surface area contributed by atoms with E-state index in [1.807, 2.05) is 0 Å². The molecule has 3 rings (SSSR count). The molecule has 1 aromatic rings. The first-order valence-electron chi connectivity index (χ1n) is 7.94. The standard InChI is InChI=1S/C17H21NO5/c1-11(23-10-12-5-4-8-22-12)16(19)18-9-14(17(20)21)13-6-2-3-7-15(13)18/h2-3,6-7,11-12,14H,4-5,8-10H2,1H3,(H,20,21). The lowest BCUT2D eigenvalue weighted by atomic mass is 10.0. The summed E-state index contributed by atoms with van der Waals surface area (Å²) in [5.41, 5.74) is 1.34. The minimum atomic E-state index is -0.916. The van der Waals surface area contributed by atoms with E-state index in [0.29, 0.717) is 17.9 Å². The predicted molar refractivity (Wildman–Crippen MR) is 83.6 cm³/mol. The topological polar surface area (TPSA) is 76.1 Å². The third kappa shape index (κ3) is 3.23. The second kappa shape index (κ2) is 6.68. The molecule has 1 N–H and O–H groups in total. The Morgan fingerprint density at radius 2 is 2.22 bits per heavy atom. The number of hydrogen-bond donors (Lipinski definition) is 1. The molecule has 3 unspecified atom stereocenters. The van der Waals surface area contributed by atoms with Crippen LogP contribution in [0.15, 0.2) is 24.3 Å². The lowest BCUT2D eigenvalue weighted by Gasteiger charge is -2.23. The quantitative estimate of drug-likeness (QED) is 0.895.